The fourth-order valence-corrected chi connectivity index (χ4v) is 13.7. The van der Waals surface area contributed by atoms with Crippen LogP contribution in [0.25, 0.3) is 120 Å². The standard InChI is InChI=1S/C69H50/c1-67(2,3)57-34-25-41-20-30-51-45(27-18-39-22-32-53(57)65(41)63(39)51)44-24-29-50-56-36-43-12-11-15-46(47-28-19-40-23-33-54-58(68(4,5)6)35-26-42-21-31-52(47)64(40)66(42)54)55(43)38-62(56)69(61(50)37-44)59-16-9-7-13-48(59)49-14-8-10-17-60(49)69/h7-38H,1-6H3. The summed E-state index contributed by atoms with van der Waals surface area (Å²) >= 11 is 0. The first-order valence-electron chi connectivity index (χ1n) is 24.8. The number of fused-ring (bicyclic) bond motifs is 11. The number of hydrogen-bond donors (Lipinski definition) is 0. The zero-order chi connectivity index (χ0) is 46.3. The van der Waals surface area contributed by atoms with E-state index in [1.807, 2.05) is 0 Å². The molecule has 0 saturated carbocycles. The van der Waals surface area contributed by atoms with E-state index in [4.69, 9.17) is 0 Å². The third kappa shape index (κ3) is 5.04. The van der Waals surface area contributed by atoms with Gasteiger partial charge in [-0.05, 0) is 182 Å². The molecule has 0 heterocycles. The van der Waals surface area contributed by atoms with Gasteiger partial charge in [0.05, 0.1) is 5.41 Å². The Morgan fingerprint density at radius 2 is 0.681 bits per heavy atom. The molecule has 0 unspecified atom stereocenters. The Bertz CT molecular complexity index is 4330. The van der Waals surface area contributed by atoms with Gasteiger partial charge < -0.3 is 0 Å². The average Bonchev–Trinajstić information content (AvgIpc) is 3.82. The van der Waals surface area contributed by atoms with E-state index >= 15 is 0 Å². The van der Waals surface area contributed by atoms with Crippen LogP contribution in [-0.4, -0.2) is 0 Å². The molecule has 0 fully saturated rings. The molecule has 13 aromatic rings. The second-order valence-corrected chi connectivity index (χ2v) is 22.3. The lowest BCUT2D eigenvalue weighted by atomic mass is 9.70. The zero-order valence-corrected chi connectivity index (χ0v) is 40.0. The molecule has 0 radical (unpaired) electrons. The van der Waals surface area contributed by atoms with E-state index in [9.17, 15) is 0 Å². The Hall–Kier alpha value is -7.80. The molecule has 13 aromatic carbocycles. The lowest BCUT2D eigenvalue weighted by Gasteiger charge is -2.31. The summed E-state index contributed by atoms with van der Waals surface area (Å²) < 4.78 is 0. The molecule has 69 heavy (non-hydrogen) atoms. The Morgan fingerprint density at radius 1 is 0.261 bits per heavy atom. The van der Waals surface area contributed by atoms with Crippen LogP contribution in [0.3, 0.4) is 0 Å². The maximum Gasteiger partial charge on any atom is 0.0725 e. The molecular weight excluding hydrogens is 829 g/mol. The molecule has 0 bridgehead atoms. The molecule has 0 aromatic heterocycles. The third-order valence-electron chi connectivity index (χ3n) is 16.6. The van der Waals surface area contributed by atoms with Gasteiger partial charge in [-0.2, -0.15) is 0 Å². The van der Waals surface area contributed by atoms with Crippen molar-refractivity contribution < 1.29 is 0 Å². The van der Waals surface area contributed by atoms with Crippen LogP contribution in [0.1, 0.15) is 74.9 Å². The van der Waals surface area contributed by atoms with Gasteiger partial charge in [0.1, 0.15) is 0 Å². The van der Waals surface area contributed by atoms with Crippen molar-refractivity contribution in [3.05, 3.63) is 228 Å². The van der Waals surface area contributed by atoms with E-state index in [0.717, 1.165) is 0 Å². The Labute approximate surface area is 403 Å². The SMILES string of the molecule is CC(C)(C)c1ccc2ccc3c(-c4ccc5c(c4)C4(c6ccccc6-c6ccccc64)c4cc6c(-c7ccc8ccc9c(C(C)(C)C)ccc%10ccc7c8c%109)cccc6cc4-5)ccc4ccc1c2c43. The van der Waals surface area contributed by atoms with Crippen LogP contribution in [0, 0.1) is 0 Å². The minimum atomic E-state index is -0.507. The van der Waals surface area contributed by atoms with Crippen LogP contribution >= 0.6 is 0 Å². The Balaban J connectivity index is 0.997. The molecule has 2 aliphatic rings. The maximum atomic E-state index is 2.59. The quantitative estimate of drug-likeness (QED) is 0.152. The van der Waals surface area contributed by atoms with Gasteiger partial charge in [-0.25, -0.2) is 0 Å². The summed E-state index contributed by atoms with van der Waals surface area (Å²) in [7, 11) is 0. The lowest BCUT2D eigenvalue weighted by molar-refractivity contribution is 0.596. The van der Waals surface area contributed by atoms with Crippen molar-refractivity contribution in [3.63, 3.8) is 0 Å². The van der Waals surface area contributed by atoms with Gasteiger partial charge in [-0.1, -0.05) is 217 Å². The first-order chi connectivity index (χ1) is 33.5. The molecule has 0 saturated heterocycles. The molecule has 1 spiro atoms. The van der Waals surface area contributed by atoms with E-state index in [2.05, 4.69) is 236 Å². The first-order valence-corrected chi connectivity index (χ1v) is 24.8. The fraction of sp³-hybridized carbons (Fsp3) is 0.130. The topological polar surface area (TPSA) is 0 Å². The molecule has 326 valence electrons. The summed E-state index contributed by atoms with van der Waals surface area (Å²) in [5.41, 5.74) is 18.2. The van der Waals surface area contributed by atoms with E-state index in [0.29, 0.717) is 0 Å². The highest BCUT2D eigenvalue weighted by atomic mass is 14.5. The second-order valence-electron chi connectivity index (χ2n) is 22.3. The second kappa shape index (κ2) is 13.2. The van der Waals surface area contributed by atoms with Gasteiger partial charge in [0.15, 0.2) is 0 Å². The predicted molar refractivity (Wildman–Crippen MR) is 296 cm³/mol. The van der Waals surface area contributed by atoms with Crippen LogP contribution in [0.5, 0.6) is 0 Å². The molecule has 0 aliphatic heterocycles. The average molecular weight is 879 g/mol. The molecule has 2 aliphatic carbocycles. The molecule has 0 amide bonds. The summed E-state index contributed by atoms with van der Waals surface area (Å²) in [6, 6.07) is 75.6. The summed E-state index contributed by atoms with van der Waals surface area (Å²) in [5.74, 6) is 0. The van der Waals surface area contributed by atoms with E-state index < -0.39 is 5.41 Å². The monoisotopic (exact) mass is 878 g/mol. The predicted octanol–water partition coefficient (Wildman–Crippen LogP) is 18.9. The summed E-state index contributed by atoms with van der Waals surface area (Å²) in [6.07, 6.45) is 0. The highest BCUT2D eigenvalue weighted by Crippen LogP contribution is 2.64. The number of benzene rings is 13. The van der Waals surface area contributed by atoms with Gasteiger partial charge in [0, 0.05) is 0 Å². The molecule has 0 atom stereocenters. The van der Waals surface area contributed by atoms with E-state index in [1.165, 1.54) is 153 Å². The number of rotatable bonds is 2. The van der Waals surface area contributed by atoms with Gasteiger partial charge in [0.25, 0.3) is 0 Å². The van der Waals surface area contributed by atoms with Crippen LogP contribution < -0.4 is 0 Å². The Morgan fingerprint density at radius 3 is 1.26 bits per heavy atom. The van der Waals surface area contributed by atoms with Gasteiger partial charge in [-0.3, -0.25) is 0 Å². The van der Waals surface area contributed by atoms with Crippen molar-refractivity contribution in [2.24, 2.45) is 0 Å². The van der Waals surface area contributed by atoms with Crippen molar-refractivity contribution >= 4 is 75.4 Å². The van der Waals surface area contributed by atoms with Crippen molar-refractivity contribution in [2.45, 2.75) is 57.8 Å². The zero-order valence-electron chi connectivity index (χ0n) is 40.0. The Kier molecular flexibility index (Phi) is 7.53. The number of hydrogen-bond acceptors (Lipinski definition) is 0. The summed E-state index contributed by atoms with van der Waals surface area (Å²) in [5, 5.41) is 18.6. The van der Waals surface area contributed by atoms with Gasteiger partial charge in [-0.15, -0.1) is 0 Å². The maximum absolute atomic E-state index is 2.59. The first kappa shape index (κ1) is 39.2. The normalized spacial score (nSPS) is 14.1. The van der Waals surface area contributed by atoms with Gasteiger partial charge >= 0.3 is 0 Å². The minimum Gasteiger partial charge on any atom is -0.0619 e. The highest BCUT2D eigenvalue weighted by Gasteiger charge is 2.52. The van der Waals surface area contributed by atoms with Crippen LogP contribution in [0.2, 0.25) is 0 Å². The smallest absolute Gasteiger partial charge is 0.0619 e. The minimum absolute atomic E-state index is 0.0331. The van der Waals surface area contributed by atoms with Crippen molar-refractivity contribution in [1.29, 1.82) is 0 Å². The van der Waals surface area contributed by atoms with E-state index in [1.54, 1.807) is 0 Å². The van der Waals surface area contributed by atoms with Crippen molar-refractivity contribution in [1.82, 2.24) is 0 Å². The molecule has 15 rings (SSSR count). The summed E-state index contributed by atoms with van der Waals surface area (Å²) in [4.78, 5) is 0. The molecular formula is C69H50. The molecule has 0 N–H and O–H groups in total. The van der Waals surface area contributed by atoms with E-state index in [-0.39, 0.29) is 10.8 Å². The summed E-state index contributed by atoms with van der Waals surface area (Å²) in [6.45, 7) is 14.0. The van der Waals surface area contributed by atoms with Crippen LogP contribution in [0.4, 0.5) is 0 Å². The van der Waals surface area contributed by atoms with Crippen molar-refractivity contribution in [3.8, 4) is 44.5 Å². The molecule has 0 nitrogen and oxygen atoms in total. The fourth-order valence-electron chi connectivity index (χ4n) is 13.7. The largest absolute Gasteiger partial charge is 0.0725 e. The van der Waals surface area contributed by atoms with Crippen LogP contribution in [0.15, 0.2) is 194 Å². The third-order valence-corrected chi connectivity index (χ3v) is 16.6. The van der Waals surface area contributed by atoms with Crippen molar-refractivity contribution in [2.75, 3.05) is 0 Å². The lowest BCUT2D eigenvalue weighted by Crippen LogP contribution is -2.26. The molecule has 0 heteroatoms. The van der Waals surface area contributed by atoms with Gasteiger partial charge in [0.2, 0.25) is 0 Å². The van der Waals surface area contributed by atoms with Crippen LogP contribution in [-0.2, 0) is 16.2 Å². The highest BCUT2D eigenvalue weighted by molar-refractivity contribution is 6.28.